The molecule has 0 aliphatic rings. The molecule has 8 rings (SSSR count). The lowest BCUT2D eigenvalue weighted by molar-refractivity contribution is 1.25. The first-order chi connectivity index (χ1) is 21.8. The molecule has 0 N–H and O–H groups in total. The van der Waals surface area contributed by atoms with Crippen molar-refractivity contribution >= 4 is 21.5 Å². The third-order valence-electron chi connectivity index (χ3n) is 8.12. The molecule has 4 aromatic carbocycles. The van der Waals surface area contributed by atoms with E-state index in [9.17, 15) is 0 Å². The molecule has 0 bridgehead atoms. The topological polar surface area (TPSA) is 51.6 Å². The van der Waals surface area contributed by atoms with E-state index in [1.54, 1.807) is 12.4 Å². The molecule has 0 atom stereocenters. The number of hydrogen-bond acceptors (Lipinski definition) is 4. The van der Waals surface area contributed by atoms with Crippen LogP contribution in [-0.2, 0) is 0 Å². The summed E-state index contributed by atoms with van der Waals surface area (Å²) in [6, 6.07) is 44.3. The predicted octanol–water partition coefficient (Wildman–Crippen LogP) is 9.91. The molecule has 0 amide bonds. The molecule has 4 heterocycles. The van der Waals surface area contributed by atoms with Gasteiger partial charge >= 0.3 is 0 Å². The van der Waals surface area contributed by atoms with Crippen LogP contribution in [0.15, 0.2) is 158 Å². The Morgan fingerprint density at radius 1 is 0.318 bits per heavy atom. The zero-order chi connectivity index (χ0) is 29.3. The highest BCUT2D eigenvalue weighted by molar-refractivity contribution is 6.21. The number of rotatable bonds is 5. The SMILES string of the molecule is c1ccc(-c2ccc3c(-c4ccc(-c5cccnc5)nc4)c4ccccc4c(-c4ccc(-c5ccccn5)nc4)c3c2)cc1. The molecule has 0 aliphatic heterocycles. The summed E-state index contributed by atoms with van der Waals surface area (Å²) in [5, 5.41) is 4.68. The fourth-order valence-corrected chi connectivity index (χ4v) is 6.04. The summed E-state index contributed by atoms with van der Waals surface area (Å²) < 4.78 is 0. The molecule has 0 fully saturated rings. The Morgan fingerprint density at radius 2 is 0.932 bits per heavy atom. The molecular weight excluding hydrogens is 536 g/mol. The Bertz CT molecular complexity index is 2230. The largest absolute Gasteiger partial charge is 0.264 e. The Hall–Kier alpha value is -6.00. The molecule has 4 heteroatoms. The van der Waals surface area contributed by atoms with E-state index in [4.69, 9.17) is 9.97 Å². The lowest BCUT2D eigenvalue weighted by Gasteiger charge is -2.18. The minimum Gasteiger partial charge on any atom is -0.264 e. The van der Waals surface area contributed by atoms with Crippen LogP contribution in [0.5, 0.6) is 0 Å². The molecule has 0 radical (unpaired) electrons. The molecule has 4 nitrogen and oxygen atoms in total. The van der Waals surface area contributed by atoms with Gasteiger partial charge in [-0.15, -0.1) is 0 Å². The van der Waals surface area contributed by atoms with Crippen LogP contribution in [0.4, 0.5) is 0 Å². The highest BCUT2D eigenvalue weighted by Crippen LogP contribution is 2.44. The van der Waals surface area contributed by atoms with Crippen molar-refractivity contribution in [2.75, 3.05) is 0 Å². The number of aromatic nitrogens is 4. The lowest BCUT2D eigenvalue weighted by Crippen LogP contribution is -1.94. The first-order valence-electron chi connectivity index (χ1n) is 14.6. The summed E-state index contributed by atoms with van der Waals surface area (Å²) in [5.41, 5.74) is 10.4. The van der Waals surface area contributed by atoms with Crippen molar-refractivity contribution in [1.82, 2.24) is 19.9 Å². The summed E-state index contributed by atoms with van der Waals surface area (Å²) >= 11 is 0. The molecule has 8 aromatic rings. The van der Waals surface area contributed by atoms with Crippen LogP contribution in [0.25, 0.3) is 77.6 Å². The van der Waals surface area contributed by atoms with Crippen molar-refractivity contribution in [3.63, 3.8) is 0 Å². The second kappa shape index (κ2) is 11.0. The van der Waals surface area contributed by atoms with Crippen molar-refractivity contribution < 1.29 is 0 Å². The smallest absolute Gasteiger partial charge is 0.0886 e. The van der Waals surface area contributed by atoms with E-state index < -0.39 is 0 Å². The maximum absolute atomic E-state index is 4.87. The molecule has 0 unspecified atom stereocenters. The second-order valence-corrected chi connectivity index (χ2v) is 10.7. The number of pyridine rings is 4. The van der Waals surface area contributed by atoms with Gasteiger partial charge in [-0.3, -0.25) is 19.9 Å². The van der Waals surface area contributed by atoms with Crippen LogP contribution in [0.3, 0.4) is 0 Å². The minimum absolute atomic E-state index is 0.851. The van der Waals surface area contributed by atoms with Gasteiger partial charge in [0.25, 0.3) is 0 Å². The van der Waals surface area contributed by atoms with Gasteiger partial charge in [0.2, 0.25) is 0 Å². The summed E-state index contributed by atoms with van der Waals surface area (Å²) in [7, 11) is 0. The molecule has 4 aromatic heterocycles. The molecule has 44 heavy (non-hydrogen) atoms. The number of fused-ring (bicyclic) bond motifs is 2. The van der Waals surface area contributed by atoms with E-state index >= 15 is 0 Å². The van der Waals surface area contributed by atoms with Crippen LogP contribution in [0.2, 0.25) is 0 Å². The number of nitrogens with zero attached hydrogens (tertiary/aromatic N) is 4. The van der Waals surface area contributed by atoms with Crippen molar-refractivity contribution in [2.24, 2.45) is 0 Å². The summed E-state index contributed by atoms with van der Waals surface area (Å²) in [4.78, 5) is 18.5. The fourth-order valence-electron chi connectivity index (χ4n) is 6.04. The van der Waals surface area contributed by atoms with Gasteiger partial charge in [0, 0.05) is 47.7 Å². The third kappa shape index (κ3) is 4.59. The van der Waals surface area contributed by atoms with E-state index in [0.29, 0.717) is 0 Å². The van der Waals surface area contributed by atoms with Gasteiger partial charge in [0.15, 0.2) is 0 Å². The average molecular weight is 563 g/mol. The first-order valence-corrected chi connectivity index (χ1v) is 14.6. The van der Waals surface area contributed by atoms with Crippen LogP contribution >= 0.6 is 0 Å². The maximum Gasteiger partial charge on any atom is 0.0886 e. The summed E-state index contributed by atoms with van der Waals surface area (Å²) in [6.45, 7) is 0. The summed E-state index contributed by atoms with van der Waals surface area (Å²) in [6.07, 6.45) is 9.39. The van der Waals surface area contributed by atoms with Crippen molar-refractivity contribution in [1.29, 1.82) is 0 Å². The van der Waals surface area contributed by atoms with Gasteiger partial charge in [-0.05, 0) is 86.3 Å². The minimum atomic E-state index is 0.851. The quantitative estimate of drug-likeness (QED) is 0.196. The Labute approximate surface area is 255 Å². The van der Waals surface area contributed by atoms with Gasteiger partial charge in [-0.2, -0.15) is 0 Å². The zero-order valence-corrected chi connectivity index (χ0v) is 23.8. The van der Waals surface area contributed by atoms with Gasteiger partial charge in [0.05, 0.1) is 17.1 Å². The maximum atomic E-state index is 4.87. The lowest BCUT2D eigenvalue weighted by atomic mass is 9.85. The van der Waals surface area contributed by atoms with E-state index in [1.165, 1.54) is 38.2 Å². The number of hydrogen-bond donors (Lipinski definition) is 0. The van der Waals surface area contributed by atoms with E-state index in [0.717, 1.165) is 39.3 Å². The number of benzene rings is 4. The van der Waals surface area contributed by atoms with Crippen molar-refractivity contribution in [3.05, 3.63) is 158 Å². The van der Waals surface area contributed by atoms with Crippen LogP contribution in [-0.4, -0.2) is 19.9 Å². The van der Waals surface area contributed by atoms with Crippen LogP contribution < -0.4 is 0 Å². The molecule has 206 valence electrons. The Morgan fingerprint density at radius 3 is 1.59 bits per heavy atom. The third-order valence-corrected chi connectivity index (χ3v) is 8.12. The van der Waals surface area contributed by atoms with Gasteiger partial charge < -0.3 is 0 Å². The molecule has 0 saturated heterocycles. The fraction of sp³-hybridized carbons (Fsp3) is 0. The van der Waals surface area contributed by atoms with E-state index in [2.05, 4.69) is 107 Å². The van der Waals surface area contributed by atoms with Gasteiger partial charge in [-0.1, -0.05) is 84.9 Å². The molecular formula is C40H26N4. The normalized spacial score (nSPS) is 11.2. The van der Waals surface area contributed by atoms with E-state index in [-0.39, 0.29) is 0 Å². The second-order valence-electron chi connectivity index (χ2n) is 10.7. The highest BCUT2D eigenvalue weighted by atomic mass is 14.8. The summed E-state index contributed by atoms with van der Waals surface area (Å²) in [5.74, 6) is 0. The van der Waals surface area contributed by atoms with Crippen LogP contribution in [0, 0.1) is 0 Å². The van der Waals surface area contributed by atoms with Gasteiger partial charge in [0.1, 0.15) is 0 Å². The molecule has 0 aliphatic carbocycles. The monoisotopic (exact) mass is 562 g/mol. The Balaban J connectivity index is 1.38. The average Bonchev–Trinajstić information content (AvgIpc) is 3.12. The van der Waals surface area contributed by atoms with Crippen molar-refractivity contribution in [2.45, 2.75) is 0 Å². The first kappa shape index (κ1) is 25.7. The highest BCUT2D eigenvalue weighted by Gasteiger charge is 2.18. The van der Waals surface area contributed by atoms with Gasteiger partial charge in [-0.25, -0.2) is 0 Å². The van der Waals surface area contributed by atoms with E-state index in [1.807, 2.05) is 48.9 Å². The molecule has 0 spiro atoms. The zero-order valence-electron chi connectivity index (χ0n) is 23.8. The van der Waals surface area contributed by atoms with Crippen LogP contribution in [0.1, 0.15) is 0 Å². The van der Waals surface area contributed by atoms with Crippen molar-refractivity contribution in [3.8, 4) is 56.0 Å². The standard InChI is InChI=1S/C40H26N4/c1-2-9-27(10-3-1)28-15-18-34-35(23-28)40(31-17-20-38(44-26-31)37-14-6-7-22-42-37)33-13-5-4-12-32(33)39(34)30-16-19-36(43-25-30)29-11-8-21-41-24-29/h1-26H. The predicted molar refractivity (Wildman–Crippen MR) is 180 cm³/mol. The molecule has 0 saturated carbocycles. The Kier molecular flexibility index (Phi) is 6.43.